The molecule has 14 heavy (non-hydrogen) atoms. The highest BCUT2D eigenvalue weighted by Gasteiger charge is 2.79. The molecule has 1 heteroatoms. The van der Waals surface area contributed by atoms with E-state index in [-0.39, 0.29) is 0 Å². The van der Waals surface area contributed by atoms with E-state index in [0.29, 0.717) is 0 Å². The predicted molar refractivity (Wildman–Crippen MR) is 54.6 cm³/mol. The Morgan fingerprint density at radius 1 is 0.857 bits per heavy atom. The van der Waals surface area contributed by atoms with E-state index in [1.807, 2.05) is 0 Å². The maximum Gasteiger partial charge on any atom is 0.0135 e. The van der Waals surface area contributed by atoms with Gasteiger partial charge in [0.1, 0.15) is 0 Å². The van der Waals surface area contributed by atoms with Crippen LogP contribution in [-0.4, -0.2) is 12.6 Å². The summed E-state index contributed by atoms with van der Waals surface area (Å²) in [5, 5.41) is 3.82. The zero-order chi connectivity index (χ0) is 9.02. The molecule has 1 nitrogen and oxygen atoms in total. The van der Waals surface area contributed by atoms with Gasteiger partial charge in [-0.2, -0.15) is 0 Å². The third kappa shape index (κ3) is 0.476. The fourth-order valence-electron chi connectivity index (χ4n) is 7.13. The molecule has 1 N–H and O–H groups in total. The molecule has 6 rings (SSSR count). The standard InChI is InChI=1S/C13H19N/c1-2-14-13-11-7-3-5-6-4-8(9(5)11)12(13)10(6)7/h5-14H,2-4H2,1H3/t5-,6+,7-,8-,9+,10-,11-,12-,13?/m0/s1. The summed E-state index contributed by atoms with van der Waals surface area (Å²) in [5.41, 5.74) is 0. The van der Waals surface area contributed by atoms with E-state index in [1.165, 1.54) is 42.1 Å². The van der Waals surface area contributed by atoms with Gasteiger partial charge < -0.3 is 5.32 Å². The van der Waals surface area contributed by atoms with Crippen LogP contribution >= 0.6 is 0 Å². The second-order valence-corrected chi connectivity index (χ2v) is 6.52. The Labute approximate surface area is 85.6 Å². The van der Waals surface area contributed by atoms with E-state index in [2.05, 4.69) is 12.2 Å². The average Bonchev–Trinajstić information content (AvgIpc) is 2.79. The molecule has 6 fully saturated rings. The zero-order valence-electron chi connectivity index (χ0n) is 8.82. The molecule has 0 aromatic carbocycles. The Bertz CT molecular complexity index is 284. The molecule has 6 aliphatic rings. The van der Waals surface area contributed by atoms with Gasteiger partial charge in [-0.05, 0) is 66.7 Å². The maximum absolute atomic E-state index is 3.82. The molecule has 6 saturated carbocycles. The number of hydrogen-bond donors (Lipinski definition) is 1. The first-order valence-electron chi connectivity index (χ1n) is 6.65. The van der Waals surface area contributed by atoms with Crippen molar-refractivity contribution >= 4 is 0 Å². The summed E-state index contributed by atoms with van der Waals surface area (Å²) in [7, 11) is 0. The van der Waals surface area contributed by atoms with Crippen molar-refractivity contribution in [2.45, 2.75) is 25.8 Å². The third-order valence-electron chi connectivity index (χ3n) is 6.76. The van der Waals surface area contributed by atoms with Crippen LogP contribution in [0.5, 0.6) is 0 Å². The summed E-state index contributed by atoms with van der Waals surface area (Å²) in [6.45, 7) is 3.49. The normalized spacial score (nSPS) is 74.8. The summed E-state index contributed by atoms with van der Waals surface area (Å²) in [6, 6.07) is 0.961. The van der Waals surface area contributed by atoms with Crippen molar-refractivity contribution in [3.05, 3.63) is 0 Å². The van der Waals surface area contributed by atoms with E-state index in [0.717, 1.165) is 17.9 Å². The molecule has 0 saturated heterocycles. The molecule has 0 spiro atoms. The lowest BCUT2D eigenvalue weighted by Gasteiger charge is -2.33. The lowest BCUT2D eigenvalue weighted by Crippen LogP contribution is -2.34. The Hall–Kier alpha value is -0.0400. The van der Waals surface area contributed by atoms with Crippen LogP contribution in [0.25, 0.3) is 0 Å². The Morgan fingerprint density at radius 3 is 1.93 bits per heavy atom. The van der Waals surface area contributed by atoms with Crippen LogP contribution in [0, 0.1) is 47.3 Å². The molecule has 0 amide bonds. The van der Waals surface area contributed by atoms with E-state index in [4.69, 9.17) is 0 Å². The highest BCUT2D eigenvalue weighted by atomic mass is 15.0. The van der Waals surface area contributed by atoms with Gasteiger partial charge in [0.2, 0.25) is 0 Å². The summed E-state index contributed by atoms with van der Waals surface area (Å²) >= 11 is 0. The van der Waals surface area contributed by atoms with Crippen LogP contribution < -0.4 is 5.32 Å². The largest absolute Gasteiger partial charge is 0.314 e. The SMILES string of the molecule is CCNC1[C@H]2[C@H]3C[C@@H]4[C@@H]5C[C@H]([C@H]1[C@@H]35)[C@H]42. The molecule has 6 aliphatic carbocycles. The van der Waals surface area contributed by atoms with E-state index in [9.17, 15) is 0 Å². The second kappa shape index (κ2) is 1.93. The predicted octanol–water partition coefficient (Wildman–Crippen LogP) is 1.74. The molecule has 0 aliphatic heterocycles. The molecule has 0 radical (unpaired) electrons. The van der Waals surface area contributed by atoms with Crippen molar-refractivity contribution in [1.29, 1.82) is 0 Å². The lowest BCUT2D eigenvalue weighted by atomic mass is 9.71. The molecule has 0 aromatic rings. The molecule has 6 bridgehead atoms. The van der Waals surface area contributed by atoms with Gasteiger partial charge in [0.05, 0.1) is 0 Å². The quantitative estimate of drug-likeness (QED) is 0.697. The van der Waals surface area contributed by atoms with Crippen LogP contribution in [0.1, 0.15) is 19.8 Å². The molecular weight excluding hydrogens is 170 g/mol. The first-order chi connectivity index (χ1) is 6.92. The van der Waals surface area contributed by atoms with Gasteiger partial charge >= 0.3 is 0 Å². The fourth-order valence-corrected chi connectivity index (χ4v) is 7.13. The molecule has 0 aromatic heterocycles. The van der Waals surface area contributed by atoms with Gasteiger partial charge in [-0.25, -0.2) is 0 Å². The minimum atomic E-state index is 0.961. The highest BCUT2D eigenvalue weighted by Crippen LogP contribution is 2.82. The van der Waals surface area contributed by atoms with Crippen molar-refractivity contribution in [3.63, 3.8) is 0 Å². The van der Waals surface area contributed by atoms with Crippen molar-refractivity contribution in [1.82, 2.24) is 5.32 Å². The maximum atomic E-state index is 3.82. The highest BCUT2D eigenvalue weighted by molar-refractivity contribution is 5.29. The van der Waals surface area contributed by atoms with Gasteiger partial charge in [0, 0.05) is 6.04 Å². The summed E-state index contributed by atoms with van der Waals surface area (Å²) in [5.74, 6) is 9.45. The van der Waals surface area contributed by atoms with Crippen LogP contribution in [-0.2, 0) is 0 Å². The molecular formula is C13H19N. The lowest BCUT2D eigenvalue weighted by molar-refractivity contribution is 0.132. The number of rotatable bonds is 2. The minimum absolute atomic E-state index is 0.961. The number of nitrogens with one attached hydrogen (secondary N) is 1. The van der Waals surface area contributed by atoms with E-state index >= 15 is 0 Å². The molecule has 0 heterocycles. The minimum Gasteiger partial charge on any atom is -0.314 e. The summed E-state index contributed by atoms with van der Waals surface area (Å²) in [4.78, 5) is 0. The summed E-state index contributed by atoms with van der Waals surface area (Å²) < 4.78 is 0. The Morgan fingerprint density at radius 2 is 1.43 bits per heavy atom. The molecule has 76 valence electrons. The van der Waals surface area contributed by atoms with Crippen LogP contribution in [0.15, 0.2) is 0 Å². The smallest absolute Gasteiger partial charge is 0.0135 e. The first kappa shape index (κ1) is 7.27. The molecule has 1 unspecified atom stereocenters. The third-order valence-corrected chi connectivity index (χ3v) is 6.76. The van der Waals surface area contributed by atoms with E-state index in [1.54, 1.807) is 12.8 Å². The van der Waals surface area contributed by atoms with Crippen LogP contribution in [0.2, 0.25) is 0 Å². The second-order valence-electron chi connectivity index (χ2n) is 6.52. The molecule has 9 atom stereocenters. The average molecular weight is 189 g/mol. The van der Waals surface area contributed by atoms with Crippen molar-refractivity contribution in [2.24, 2.45) is 47.3 Å². The van der Waals surface area contributed by atoms with Gasteiger partial charge in [-0.3, -0.25) is 0 Å². The van der Waals surface area contributed by atoms with Crippen molar-refractivity contribution in [3.8, 4) is 0 Å². The Kier molecular flexibility index (Phi) is 1.00. The van der Waals surface area contributed by atoms with Gasteiger partial charge in [-0.1, -0.05) is 6.92 Å². The Balaban J connectivity index is 1.67. The summed E-state index contributed by atoms with van der Waals surface area (Å²) in [6.07, 6.45) is 3.28. The van der Waals surface area contributed by atoms with Gasteiger partial charge in [0.15, 0.2) is 0 Å². The first-order valence-corrected chi connectivity index (χ1v) is 6.65. The van der Waals surface area contributed by atoms with E-state index < -0.39 is 0 Å². The van der Waals surface area contributed by atoms with Gasteiger partial charge in [-0.15, -0.1) is 0 Å². The van der Waals surface area contributed by atoms with Crippen LogP contribution in [0.4, 0.5) is 0 Å². The van der Waals surface area contributed by atoms with Gasteiger partial charge in [0.25, 0.3) is 0 Å². The number of hydrogen-bond acceptors (Lipinski definition) is 1. The monoisotopic (exact) mass is 189 g/mol. The van der Waals surface area contributed by atoms with Crippen molar-refractivity contribution < 1.29 is 0 Å². The van der Waals surface area contributed by atoms with Crippen LogP contribution in [0.3, 0.4) is 0 Å². The fraction of sp³-hybridized carbons (Fsp3) is 1.00. The zero-order valence-corrected chi connectivity index (χ0v) is 8.82. The topological polar surface area (TPSA) is 12.0 Å². The van der Waals surface area contributed by atoms with Crippen molar-refractivity contribution in [2.75, 3.05) is 6.54 Å².